The van der Waals surface area contributed by atoms with Crippen LogP contribution in [-0.2, 0) is 19.1 Å². The van der Waals surface area contributed by atoms with E-state index < -0.39 is 29.7 Å². The molecule has 0 bridgehead atoms. The molecule has 7 nitrogen and oxygen atoms in total. The Morgan fingerprint density at radius 1 is 1.11 bits per heavy atom. The van der Waals surface area contributed by atoms with E-state index in [1.54, 1.807) is 20.8 Å². The van der Waals surface area contributed by atoms with Crippen LogP contribution < -0.4 is 10.6 Å². The number of carbonyl (C=O) groups excluding carboxylic acids is 3. The van der Waals surface area contributed by atoms with Crippen LogP contribution in [0.4, 0.5) is 10.5 Å². The Morgan fingerprint density at radius 2 is 1.75 bits per heavy atom. The van der Waals surface area contributed by atoms with Gasteiger partial charge >= 0.3 is 12.1 Å². The van der Waals surface area contributed by atoms with Crippen molar-refractivity contribution in [3.63, 3.8) is 0 Å². The van der Waals surface area contributed by atoms with E-state index in [1.807, 2.05) is 24.3 Å². The number of benzene rings is 1. The number of hydrogen-bond donors (Lipinski definition) is 2. The maximum Gasteiger partial charge on any atom is 0.407 e. The van der Waals surface area contributed by atoms with Crippen LogP contribution in [0.2, 0.25) is 0 Å². The van der Waals surface area contributed by atoms with E-state index in [-0.39, 0.29) is 13.0 Å². The lowest BCUT2D eigenvalue weighted by atomic mass is 9.97. The van der Waals surface area contributed by atoms with Gasteiger partial charge in [-0.25, -0.2) is 4.79 Å². The minimum absolute atomic E-state index is 0.0552. The minimum atomic E-state index is -0.945. The Morgan fingerprint density at radius 3 is 2.36 bits per heavy atom. The standard InChI is InChI=1S/C21H32N2O5/c1-7-14(2)16-10-8-9-11-17(16)23-19(25)15(3)27-18(24)12-13-22-20(26)28-21(4,5)6/h8-11,14-15H,7,12-13H2,1-6H3,(H,22,26)(H,23,25)/t14-,15+/m0/s1. The number of para-hydroxylation sites is 1. The van der Waals surface area contributed by atoms with Crippen LogP contribution in [0.3, 0.4) is 0 Å². The van der Waals surface area contributed by atoms with Crippen LogP contribution in [0.25, 0.3) is 0 Å². The topological polar surface area (TPSA) is 93.7 Å². The summed E-state index contributed by atoms with van der Waals surface area (Å²) in [6.07, 6.45) is -0.658. The summed E-state index contributed by atoms with van der Waals surface area (Å²) in [5.74, 6) is -0.675. The van der Waals surface area contributed by atoms with E-state index in [4.69, 9.17) is 9.47 Å². The van der Waals surface area contributed by atoms with Crippen LogP contribution in [0.5, 0.6) is 0 Å². The fraction of sp³-hybridized carbons (Fsp3) is 0.571. The van der Waals surface area contributed by atoms with Crippen molar-refractivity contribution in [1.82, 2.24) is 5.32 Å². The van der Waals surface area contributed by atoms with Gasteiger partial charge in [-0.3, -0.25) is 9.59 Å². The zero-order chi connectivity index (χ0) is 21.3. The second-order valence-corrected chi connectivity index (χ2v) is 7.70. The molecule has 0 aliphatic rings. The molecule has 0 aliphatic heterocycles. The molecular formula is C21H32N2O5. The van der Waals surface area contributed by atoms with E-state index in [1.165, 1.54) is 6.92 Å². The number of esters is 1. The molecule has 0 spiro atoms. The second kappa shape index (κ2) is 10.7. The zero-order valence-electron chi connectivity index (χ0n) is 17.6. The Labute approximate surface area is 167 Å². The molecule has 1 aromatic carbocycles. The fourth-order valence-corrected chi connectivity index (χ4v) is 2.39. The normalized spacial score (nSPS) is 13.2. The molecule has 0 saturated heterocycles. The summed E-state index contributed by atoms with van der Waals surface area (Å²) in [5.41, 5.74) is 1.15. The number of amides is 2. The van der Waals surface area contributed by atoms with Gasteiger partial charge in [0, 0.05) is 12.2 Å². The van der Waals surface area contributed by atoms with E-state index in [2.05, 4.69) is 24.5 Å². The number of nitrogens with one attached hydrogen (secondary N) is 2. The van der Waals surface area contributed by atoms with Crippen LogP contribution in [0, 0.1) is 0 Å². The Bertz CT molecular complexity index is 682. The molecule has 0 saturated carbocycles. The molecule has 1 aromatic rings. The van der Waals surface area contributed by atoms with Gasteiger partial charge in [0.25, 0.3) is 5.91 Å². The molecule has 1 rings (SSSR count). The smallest absolute Gasteiger partial charge is 0.407 e. The van der Waals surface area contributed by atoms with E-state index in [0.29, 0.717) is 5.92 Å². The van der Waals surface area contributed by atoms with Crippen molar-refractivity contribution in [2.75, 3.05) is 11.9 Å². The van der Waals surface area contributed by atoms with Crippen molar-refractivity contribution in [2.24, 2.45) is 0 Å². The molecule has 156 valence electrons. The largest absolute Gasteiger partial charge is 0.452 e. The van der Waals surface area contributed by atoms with Gasteiger partial charge in [-0.05, 0) is 51.7 Å². The number of anilines is 1. The highest BCUT2D eigenvalue weighted by Crippen LogP contribution is 2.26. The SMILES string of the molecule is CC[C@H](C)c1ccccc1NC(=O)[C@@H](C)OC(=O)CCNC(=O)OC(C)(C)C. The van der Waals surface area contributed by atoms with E-state index in [0.717, 1.165) is 17.7 Å². The average molecular weight is 392 g/mol. The molecule has 0 aliphatic carbocycles. The zero-order valence-corrected chi connectivity index (χ0v) is 17.6. The van der Waals surface area contributed by atoms with Crippen LogP contribution in [-0.4, -0.2) is 36.2 Å². The van der Waals surface area contributed by atoms with Crippen molar-refractivity contribution < 1.29 is 23.9 Å². The minimum Gasteiger partial charge on any atom is -0.452 e. The summed E-state index contributed by atoms with van der Waals surface area (Å²) in [5, 5.41) is 5.30. The maximum absolute atomic E-state index is 12.4. The molecule has 7 heteroatoms. The molecule has 0 aromatic heterocycles. The highest BCUT2D eigenvalue weighted by Gasteiger charge is 2.20. The molecule has 2 atom stereocenters. The van der Waals surface area contributed by atoms with Gasteiger partial charge in [0.1, 0.15) is 5.60 Å². The third-order valence-electron chi connectivity index (χ3n) is 4.04. The van der Waals surface area contributed by atoms with Crippen LogP contribution in [0.1, 0.15) is 65.9 Å². The molecule has 0 heterocycles. The third kappa shape index (κ3) is 8.41. The van der Waals surface area contributed by atoms with E-state index >= 15 is 0 Å². The van der Waals surface area contributed by atoms with Crippen molar-refractivity contribution in [2.45, 2.75) is 72.0 Å². The van der Waals surface area contributed by atoms with Crippen molar-refractivity contribution >= 4 is 23.7 Å². The first-order chi connectivity index (χ1) is 13.0. The summed E-state index contributed by atoms with van der Waals surface area (Å²) in [6, 6.07) is 7.58. The van der Waals surface area contributed by atoms with Gasteiger partial charge in [0.2, 0.25) is 0 Å². The van der Waals surface area contributed by atoms with Crippen LogP contribution in [0.15, 0.2) is 24.3 Å². The summed E-state index contributed by atoms with van der Waals surface area (Å²) < 4.78 is 10.2. The Kier molecular flexibility index (Phi) is 8.96. The number of ether oxygens (including phenoxy) is 2. The van der Waals surface area contributed by atoms with Crippen molar-refractivity contribution in [3.05, 3.63) is 29.8 Å². The van der Waals surface area contributed by atoms with Crippen molar-refractivity contribution in [3.8, 4) is 0 Å². The molecule has 2 amide bonds. The van der Waals surface area contributed by atoms with Gasteiger partial charge in [-0.15, -0.1) is 0 Å². The number of carbonyl (C=O) groups is 3. The summed E-state index contributed by atoms with van der Waals surface area (Å²) in [6.45, 7) is 11.0. The molecule has 0 fully saturated rings. The third-order valence-corrected chi connectivity index (χ3v) is 4.04. The second-order valence-electron chi connectivity index (χ2n) is 7.70. The lowest BCUT2D eigenvalue weighted by Crippen LogP contribution is -2.35. The maximum atomic E-state index is 12.4. The predicted octanol–water partition coefficient (Wildman–Crippen LogP) is 3.99. The van der Waals surface area contributed by atoms with Gasteiger partial charge < -0.3 is 20.1 Å². The highest BCUT2D eigenvalue weighted by atomic mass is 16.6. The van der Waals surface area contributed by atoms with Gasteiger partial charge in [-0.1, -0.05) is 32.0 Å². The lowest BCUT2D eigenvalue weighted by Gasteiger charge is -2.20. The van der Waals surface area contributed by atoms with Crippen LogP contribution >= 0.6 is 0 Å². The molecule has 28 heavy (non-hydrogen) atoms. The number of rotatable bonds is 8. The molecule has 0 radical (unpaired) electrons. The van der Waals surface area contributed by atoms with Gasteiger partial charge in [0.05, 0.1) is 6.42 Å². The van der Waals surface area contributed by atoms with Gasteiger partial charge in [-0.2, -0.15) is 0 Å². The fourth-order valence-electron chi connectivity index (χ4n) is 2.39. The quantitative estimate of drug-likeness (QED) is 0.653. The Hall–Kier alpha value is -2.57. The lowest BCUT2D eigenvalue weighted by molar-refractivity contribution is -0.153. The molecule has 0 unspecified atom stereocenters. The van der Waals surface area contributed by atoms with Gasteiger partial charge in [0.15, 0.2) is 6.10 Å². The Balaban J connectivity index is 2.48. The molecule has 2 N–H and O–H groups in total. The summed E-state index contributed by atoms with van der Waals surface area (Å²) in [4.78, 5) is 35.8. The highest BCUT2D eigenvalue weighted by molar-refractivity contribution is 5.95. The summed E-state index contributed by atoms with van der Waals surface area (Å²) in [7, 11) is 0. The first-order valence-electron chi connectivity index (χ1n) is 9.59. The first kappa shape index (κ1) is 23.5. The summed E-state index contributed by atoms with van der Waals surface area (Å²) >= 11 is 0. The monoisotopic (exact) mass is 392 g/mol. The molecular weight excluding hydrogens is 360 g/mol. The first-order valence-corrected chi connectivity index (χ1v) is 9.59. The predicted molar refractivity (Wildman–Crippen MR) is 108 cm³/mol. The van der Waals surface area contributed by atoms with Crippen molar-refractivity contribution in [1.29, 1.82) is 0 Å². The average Bonchev–Trinajstić information content (AvgIpc) is 2.59. The van der Waals surface area contributed by atoms with E-state index in [9.17, 15) is 14.4 Å². The number of alkyl carbamates (subject to hydrolysis) is 1. The number of hydrogen-bond acceptors (Lipinski definition) is 5.